The fraction of sp³-hybridized carbons (Fsp3) is 0.429. The lowest BCUT2D eigenvalue weighted by Gasteiger charge is -2.22. The van der Waals surface area contributed by atoms with Crippen molar-refractivity contribution < 1.29 is 4.39 Å². The minimum atomic E-state index is -0.141. The van der Waals surface area contributed by atoms with Gasteiger partial charge in [-0.25, -0.2) is 4.39 Å². The van der Waals surface area contributed by atoms with E-state index in [1.165, 1.54) is 11.3 Å². The number of benzene rings is 1. The molecule has 1 aromatic carbocycles. The summed E-state index contributed by atoms with van der Waals surface area (Å²) < 4.78 is 15.6. The molecule has 1 N–H and O–H groups in total. The average molecular weight is 232 g/mol. The molecule has 1 aromatic heterocycles. The van der Waals surface area contributed by atoms with Crippen LogP contribution in [0, 0.1) is 5.82 Å². The van der Waals surface area contributed by atoms with Gasteiger partial charge in [0.25, 0.3) is 0 Å². The summed E-state index contributed by atoms with van der Waals surface area (Å²) in [5, 5.41) is 4.42. The van der Waals surface area contributed by atoms with E-state index in [9.17, 15) is 4.39 Å². The second kappa shape index (κ2) is 3.84. The Morgan fingerprint density at radius 2 is 2.24 bits per heavy atom. The molecule has 0 spiro atoms. The maximum absolute atomic E-state index is 13.4. The lowest BCUT2D eigenvalue weighted by molar-refractivity contribution is 0.488. The molecule has 17 heavy (non-hydrogen) atoms. The minimum Gasteiger partial charge on any atom is -0.347 e. The number of likely N-dealkylation sites (N-methyl/N-ethyl adjacent to an activating group) is 1. The summed E-state index contributed by atoms with van der Waals surface area (Å²) in [5.41, 5.74) is 3.85. The van der Waals surface area contributed by atoms with Crippen LogP contribution in [0.5, 0.6) is 0 Å². The molecule has 1 unspecified atom stereocenters. The van der Waals surface area contributed by atoms with Gasteiger partial charge in [0, 0.05) is 29.7 Å². The van der Waals surface area contributed by atoms with Crippen LogP contribution < -0.4 is 5.32 Å². The molecule has 0 amide bonds. The predicted molar refractivity (Wildman–Crippen MR) is 67.7 cm³/mol. The molecule has 0 aliphatic heterocycles. The number of hydrogen-bond donors (Lipinski definition) is 1. The van der Waals surface area contributed by atoms with Crippen LogP contribution in [0.2, 0.25) is 0 Å². The zero-order valence-electron chi connectivity index (χ0n) is 10.3. The van der Waals surface area contributed by atoms with Gasteiger partial charge in [-0.3, -0.25) is 0 Å². The monoisotopic (exact) mass is 232 g/mol. The molecule has 1 aliphatic carbocycles. The Hall–Kier alpha value is -1.35. The van der Waals surface area contributed by atoms with E-state index in [0.29, 0.717) is 6.04 Å². The SMILES string of the molecule is CNC1CCc2c(c3cc(F)ccc3n2C)C1. The number of halogens is 1. The Balaban J connectivity index is 2.23. The summed E-state index contributed by atoms with van der Waals surface area (Å²) in [6.07, 6.45) is 3.25. The highest BCUT2D eigenvalue weighted by Gasteiger charge is 2.23. The summed E-state index contributed by atoms with van der Waals surface area (Å²) in [7, 11) is 4.08. The molecule has 2 aromatic rings. The predicted octanol–water partition coefficient (Wildman–Crippen LogP) is 2.39. The van der Waals surface area contributed by atoms with Gasteiger partial charge in [-0.15, -0.1) is 0 Å². The maximum Gasteiger partial charge on any atom is 0.123 e. The first-order chi connectivity index (χ1) is 8.20. The molecule has 3 rings (SSSR count). The number of hydrogen-bond acceptors (Lipinski definition) is 1. The van der Waals surface area contributed by atoms with Gasteiger partial charge in [0.1, 0.15) is 5.82 Å². The molecular formula is C14H17FN2. The Morgan fingerprint density at radius 1 is 1.41 bits per heavy atom. The van der Waals surface area contributed by atoms with E-state index in [2.05, 4.69) is 16.9 Å². The zero-order valence-corrected chi connectivity index (χ0v) is 10.3. The second-order valence-corrected chi connectivity index (χ2v) is 4.87. The largest absolute Gasteiger partial charge is 0.347 e. The van der Waals surface area contributed by atoms with Crippen molar-refractivity contribution in [3.8, 4) is 0 Å². The van der Waals surface area contributed by atoms with Crippen LogP contribution in [-0.4, -0.2) is 17.7 Å². The first kappa shape index (κ1) is 10.8. The lowest BCUT2D eigenvalue weighted by atomic mass is 9.91. The standard InChI is InChI=1S/C14H17FN2/c1-16-10-4-6-14-12(8-10)11-7-9(15)3-5-13(11)17(14)2/h3,5,7,10,16H,4,6,8H2,1-2H3. The van der Waals surface area contributed by atoms with Gasteiger partial charge in [-0.2, -0.15) is 0 Å². The van der Waals surface area contributed by atoms with Crippen LogP contribution in [0.1, 0.15) is 17.7 Å². The molecule has 1 atom stereocenters. The molecule has 2 nitrogen and oxygen atoms in total. The fourth-order valence-corrected chi connectivity index (χ4v) is 3.00. The molecule has 0 fully saturated rings. The number of rotatable bonds is 1. The third-order valence-electron chi connectivity index (χ3n) is 3.99. The molecule has 0 saturated carbocycles. The lowest BCUT2D eigenvalue weighted by Crippen LogP contribution is -2.31. The Bertz CT molecular complexity index is 571. The Morgan fingerprint density at radius 3 is 3.00 bits per heavy atom. The second-order valence-electron chi connectivity index (χ2n) is 4.87. The number of nitrogens with zero attached hydrogens (tertiary/aromatic N) is 1. The van der Waals surface area contributed by atoms with E-state index in [0.717, 1.165) is 30.2 Å². The van der Waals surface area contributed by atoms with Crippen molar-refractivity contribution in [1.82, 2.24) is 9.88 Å². The van der Waals surface area contributed by atoms with Crippen LogP contribution in [0.15, 0.2) is 18.2 Å². The van der Waals surface area contributed by atoms with Crippen molar-refractivity contribution in [3.63, 3.8) is 0 Å². The van der Waals surface area contributed by atoms with Crippen LogP contribution in [0.25, 0.3) is 10.9 Å². The Labute approximate surface area is 100 Å². The van der Waals surface area contributed by atoms with Gasteiger partial charge in [0.15, 0.2) is 0 Å². The molecule has 1 heterocycles. The van der Waals surface area contributed by atoms with E-state index in [-0.39, 0.29) is 5.82 Å². The van der Waals surface area contributed by atoms with Crippen molar-refractivity contribution in [2.75, 3.05) is 7.05 Å². The number of aryl methyl sites for hydroxylation is 1. The van der Waals surface area contributed by atoms with Gasteiger partial charge in [-0.1, -0.05) is 0 Å². The highest BCUT2D eigenvalue weighted by Crippen LogP contribution is 2.31. The molecule has 3 heteroatoms. The fourth-order valence-electron chi connectivity index (χ4n) is 3.00. The van der Waals surface area contributed by atoms with Crippen molar-refractivity contribution in [2.24, 2.45) is 7.05 Å². The summed E-state index contributed by atoms with van der Waals surface area (Å²) in [5.74, 6) is -0.141. The van der Waals surface area contributed by atoms with E-state index >= 15 is 0 Å². The number of aromatic nitrogens is 1. The van der Waals surface area contributed by atoms with Crippen molar-refractivity contribution in [3.05, 3.63) is 35.3 Å². The van der Waals surface area contributed by atoms with Crippen molar-refractivity contribution in [2.45, 2.75) is 25.3 Å². The molecule has 0 saturated heterocycles. The van der Waals surface area contributed by atoms with E-state index in [1.54, 1.807) is 12.1 Å². The smallest absolute Gasteiger partial charge is 0.123 e. The summed E-state index contributed by atoms with van der Waals surface area (Å²) in [6, 6.07) is 5.63. The third-order valence-corrected chi connectivity index (χ3v) is 3.99. The number of nitrogens with one attached hydrogen (secondary N) is 1. The van der Waals surface area contributed by atoms with E-state index < -0.39 is 0 Å². The van der Waals surface area contributed by atoms with E-state index in [4.69, 9.17) is 0 Å². The van der Waals surface area contributed by atoms with Gasteiger partial charge < -0.3 is 9.88 Å². The molecule has 0 bridgehead atoms. The summed E-state index contributed by atoms with van der Waals surface area (Å²) in [6.45, 7) is 0. The van der Waals surface area contributed by atoms with Crippen molar-refractivity contribution >= 4 is 10.9 Å². The first-order valence-corrected chi connectivity index (χ1v) is 6.13. The highest BCUT2D eigenvalue weighted by molar-refractivity contribution is 5.86. The van der Waals surface area contributed by atoms with Crippen molar-refractivity contribution in [1.29, 1.82) is 0 Å². The van der Waals surface area contributed by atoms with Crippen LogP contribution in [0.4, 0.5) is 4.39 Å². The van der Waals surface area contributed by atoms with Gasteiger partial charge in [-0.05, 0) is 50.1 Å². The topological polar surface area (TPSA) is 17.0 Å². The van der Waals surface area contributed by atoms with Crippen LogP contribution in [0.3, 0.4) is 0 Å². The maximum atomic E-state index is 13.4. The summed E-state index contributed by atoms with van der Waals surface area (Å²) in [4.78, 5) is 0. The van der Waals surface area contributed by atoms with Gasteiger partial charge >= 0.3 is 0 Å². The quantitative estimate of drug-likeness (QED) is 0.799. The minimum absolute atomic E-state index is 0.141. The highest BCUT2D eigenvalue weighted by atomic mass is 19.1. The van der Waals surface area contributed by atoms with Crippen LogP contribution >= 0.6 is 0 Å². The normalized spacial score (nSPS) is 19.6. The van der Waals surface area contributed by atoms with Crippen LogP contribution in [-0.2, 0) is 19.9 Å². The first-order valence-electron chi connectivity index (χ1n) is 6.13. The molecule has 1 aliphatic rings. The zero-order chi connectivity index (χ0) is 12.0. The van der Waals surface area contributed by atoms with Gasteiger partial charge in [0.2, 0.25) is 0 Å². The molecule has 90 valence electrons. The molecular weight excluding hydrogens is 215 g/mol. The summed E-state index contributed by atoms with van der Waals surface area (Å²) >= 11 is 0. The molecule has 0 radical (unpaired) electrons. The number of fused-ring (bicyclic) bond motifs is 3. The third kappa shape index (κ3) is 1.57. The van der Waals surface area contributed by atoms with E-state index in [1.807, 2.05) is 13.1 Å². The Kier molecular flexibility index (Phi) is 2.44. The average Bonchev–Trinajstić information content (AvgIpc) is 2.62. The van der Waals surface area contributed by atoms with Gasteiger partial charge in [0.05, 0.1) is 0 Å².